The van der Waals surface area contributed by atoms with Crippen LogP contribution in [0.15, 0.2) is 11.5 Å². The number of hydrogen-bond donors (Lipinski definition) is 2. The van der Waals surface area contributed by atoms with Gasteiger partial charge in [-0.2, -0.15) is 5.10 Å². The molecule has 1 fully saturated rings. The largest absolute Gasteiger partial charge is 0.313 e. The van der Waals surface area contributed by atoms with Gasteiger partial charge in [0.25, 0.3) is 0 Å². The molecular weight excluding hydrogens is 208 g/mol. The lowest BCUT2D eigenvalue weighted by molar-refractivity contribution is 0.530. The molecule has 0 bridgehead atoms. The quantitative estimate of drug-likeness (QED) is 0.804. The summed E-state index contributed by atoms with van der Waals surface area (Å²) >= 11 is 1.82. The molecule has 1 aromatic heterocycles. The third kappa shape index (κ3) is 2.95. The molecule has 15 heavy (non-hydrogen) atoms. The van der Waals surface area contributed by atoms with Crippen LogP contribution in [0.2, 0.25) is 0 Å². The highest BCUT2D eigenvalue weighted by atomic mass is 32.2. The summed E-state index contributed by atoms with van der Waals surface area (Å²) in [5.74, 6) is 0. The molecule has 5 heteroatoms. The van der Waals surface area contributed by atoms with Gasteiger partial charge in [-0.15, -0.1) is 0 Å². The van der Waals surface area contributed by atoms with Crippen LogP contribution in [-0.4, -0.2) is 33.0 Å². The SMILES string of the molecule is CCCNC1CCCC1Sc1ncn[nH]1. The number of thioether (sulfide) groups is 1. The molecule has 2 N–H and O–H groups in total. The lowest BCUT2D eigenvalue weighted by Gasteiger charge is -2.18. The molecule has 1 heterocycles. The van der Waals surface area contributed by atoms with E-state index in [9.17, 15) is 0 Å². The molecule has 2 unspecified atom stereocenters. The van der Waals surface area contributed by atoms with Gasteiger partial charge in [0, 0.05) is 11.3 Å². The lowest BCUT2D eigenvalue weighted by atomic mass is 10.2. The van der Waals surface area contributed by atoms with Gasteiger partial charge in [0.1, 0.15) is 6.33 Å². The van der Waals surface area contributed by atoms with E-state index in [0.717, 1.165) is 11.7 Å². The summed E-state index contributed by atoms with van der Waals surface area (Å²) in [5.41, 5.74) is 0. The molecule has 4 nitrogen and oxygen atoms in total. The zero-order valence-corrected chi connectivity index (χ0v) is 9.89. The average molecular weight is 226 g/mol. The first-order valence-electron chi connectivity index (χ1n) is 5.65. The number of rotatable bonds is 5. The maximum absolute atomic E-state index is 4.16. The molecule has 1 aromatic rings. The van der Waals surface area contributed by atoms with Crippen LogP contribution in [0, 0.1) is 0 Å². The number of H-pyrrole nitrogens is 1. The first-order valence-corrected chi connectivity index (χ1v) is 6.53. The first-order chi connectivity index (χ1) is 7.40. The number of aromatic amines is 1. The van der Waals surface area contributed by atoms with Gasteiger partial charge in [0.15, 0.2) is 5.16 Å². The zero-order chi connectivity index (χ0) is 10.5. The van der Waals surface area contributed by atoms with Crippen molar-refractivity contribution in [2.75, 3.05) is 6.54 Å². The Balaban J connectivity index is 1.85. The van der Waals surface area contributed by atoms with Crippen LogP contribution >= 0.6 is 11.8 Å². The van der Waals surface area contributed by atoms with Crippen LogP contribution in [0.1, 0.15) is 32.6 Å². The van der Waals surface area contributed by atoms with Crippen LogP contribution in [-0.2, 0) is 0 Å². The molecule has 0 spiro atoms. The predicted molar refractivity (Wildman–Crippen MR) is 62.0 cm³/mol. The van der Waals surface area contributed by atoms with Crippen molar-refractivity contribution in [3.63, 3.8) is 0 Å². The van der Waals surface area contributed by atoms with Gasteiger partial charge in [-0.25, -0.2) is 4.98 Å². The molecule has 2 rings (SSSR count). The average Bonchev–Trinajstić information content (AvgIpc) is 2.87. The van der Waals surface area contributed by atoms with Gasteiger partial charge in [-0.3, -0.25) is 5.10 Å². The lowest BCUT2D eigenvalue weighted by Crippen LogP contribution is -2.34. The van der Waals surface area contributed by atoms with Gasteiger partial charge in [0.2, 0.25) is 0 Å². The third-order valence-corrected chi connectivity index (χ3v) is 4.05. The summed E-state index contributed by atoms with van der Waals surface area (Å²) in [5, 5.41) is 12.0. The van der Waals surface area contributed by atoms with Crippen molar-refractivity contribution in [2.24, 2.45) is 0 Å². The van der Waals surface area contributed by atoms with Crippen molar-refractivity contribution < 1.29 is 0 Å². The second kappa shape index (κ2) is 5.51. The Kier molecular flexibility index (Phi) is 4.02. The molecule has 0 aromatic carbocycles. The Hall–Kier alpha value is -0.550. The van der Waals surface area contributed by atoms with Gasteiger partial charge >= 0.3 is 0 Å². The highest BCUT2D eigenvalue weighted by Crippen LogP contribution is 2.33. The Labute approximate surface area is 94.6 Å². The Morgan fingerprint density at radius 1 is 1.60 bits per heavy atom. The fourth-order valence-electron chi connectivity index (χ4n) is 2.02. The molecule has 1 aliphatic rings. The molecule has 2 atom stereocenters. The van der Waals surface area contributed by atoms with E-state index in [4.69, 9.17) is 0 Å². The second-order valence-electron chi connectivity index (χ2n) is 3.94. The Morgan fingerprint density at radius 2 is 2.53 bits per heavy atom. The molecule has 0 aliphatic heterocycles. The highest BCUT2D eigenvalue weighted by molar-refractivity contribution is 7.99. The predicted octanol–water partition coefficient (Wildman–Crippen LogP) is 1.82. The number of hydrogen-bond acceptors (Lipinski definition) is 4. The van der Waals surface area contributed by atoms with Gasteiger partial charge < -0.3 is 5.32 Å². The van der Waals surface area contributed by atoms with E-state index in [0.29, 0.717) is 11.3 Å². The molecule has 0 saturated heterocycles. The van der Waals surface area contributed by atoms with E-state index in [-0.39, 0.29) is 0 Å². The van der Waals surface area contributed by atoms with Crippen molar-refractivity contribution in [1.82, 2.24) is 20.5 Å². The van der Waals surface area contributed by atoms with Crippen molar-refractivity contribution in [3.05, 3.63) is 6.33 Å². The van der Waals surface area contributed by atoms with E-state index >= 15 is 0 Å². The fourth-order valence-corrected chi connectivity index (χ4v) is 3.21. The van der Waals surface area contributed by atoms with E-state index < -0.39 is 0 Å². The molecule has 1 saturated carbocycles. The molecular formula is C10H18N4S. The van der Waals surface area contributed by atoms with E-state index in [1.807, 2.05) is 11.8 Å². The minimum atomic E-state index is 0.653. The second-order valence-corrected chi connectivity index (χ2v) is 5.17. The zero-order valence-electron chi connectivity index (χ0n) is 9.07. The summed E-state index contributed by atoms with van der Waals surface area (Å²) < 4.78 is 0. The minimum Gasteiger partial charge on any atom is -0.313 e. The van der Waals surface area contributed by atoms with E-state index in [1.165, 1.54) is 25.7 Å². The van der Waals surface area contributed by atoms with Crippen molar-refractivity contribution in [3.8, 4) is 0 Å². The maximum atomic E-state index is 4.16. The normalized spacial score (nSPS) is 25.9. The molecule has 84 valence electrons. The maximum Gasteiger partial charge on any atom is 0.183 e. The number of nitrogens with zero attached hydrogens (tertiary/aromatic N) is 2. The van der Waals surface area contributed by atoms with Crippen LogP contribution in [0.25, 0.3) is 0 Å². The van der Waals surface area contributed by atoms with Gasteiger partial charge in [-0.1, -0.05) is 25.1 Å². The smallest absolute Gasteiger partial charge is 0.183 e. The molecule has 0 radical (unpaired) electrons. The molecule has 1 aliphatic carbocycles. The summed E-state index contributed by atoms with van der Waals surface area (Å²) in [6.07, 6.45) is 6.69. The summed E-state index contributed by atoms with van der Waals surface area (Å²) in [6, 6.07) is 0.653. The van der Waals surface area contributed by atoms with Crippen molar-refractivity contribution in [2.45, 2.75) is 49.1 Å². The third-order valence-electron chi connectivity index (χ3n) is 2.77. The van der Waals surface area contributed by atoms with Crippen molar-refractivity contribution in [1.29, 1.82) is 0 Å². The summed E-state index contributed by atoms with van der Waals surface area (Å²) in [4.78, 5) is 4.16. The monoisotopic (exact) mass is 226 g/mol. The van der Waals surface area contributed by atoms with Gasteiger partial charge in [0.05, 0.1) is 0 Å². The van der Waals surface area contributed by atoms with Crippen LogP contribution in [0.3, 0.4) is 0 Å². The van der Waals surface area contributed by atoms with Crippen molar-refractivity contribution >= 4 is 11.8 Å². The van der Waals surface area contributed by atoms with Gasteiger partial charge in [-0.05, 0) is 25.8 Å². The topological polar surface area (TPSA) is 53.6 Å². The first kappa shape index (κ1) is 11.0. The Bertz CT molecular complexity index is 275. The van der Waals surface area contributed by atoms with Crippen LogP contribution in [0.4, 0.5) is 0 Å². The number of aromatic nitrogens is 3. The van der Waals surface area contributed by atoms with E-state index in [1.54, 1.807) is 6.33 Å². The fraction of sp³-hybridized carbons (Fsp3) is 0.800. The van der Waals surface area contributed by atoms with E-state index in [2.05, 4.69) is 27.4 Å². The highest BCUT2D eigenvalue weighted by Gasteiger charge is 2.28. The Morgan fingerprint density at radius 3 is 3.27 bits per heavy atom. The summed E-state index contributed by atoms with van der Waals surface area (Å²) in [7, 11) is 0. The van der Waals surface area contributed by atoms with Crippen LogP contribution in [0.5, 0.6) is 0 Å². The van der Waals surface area contributed by atoms with Crippen LogP contribution < -0.4 is 5.32 Å². The molecule has 0 amide bonds. The number of nitrogens with one attached hydrogen (secondary N) is 2. The minimum absolute atomic E-state index is 0.653. The standard InChI is InChI=1S/C10H18N4S/c1-2-6-11-8-4-3-5-9(8)15-10-12-7-13-14-10/h7-9,11H,2-6H2,1H3,(H,12,13,14). The summed E-state index contributed by atoms with van der Waals surface area (Å²) in [6.45, 7) is 3.33.